The van der Waals surface area contributed by atoms with E-state index in [4.69, 9.17) is 4.74 Å². The third-order valence-electron chi connectivity index (χ3n) is 4.26. The van der Waals surface area contributed by atoms with Gasteiger partial charge in [-0.1, -0.05) is 42.5 Å². The summed E-state index contributed by atoms with van der Waals surface area (Å²) in [5.74, 6) is -0.815. The summed E-state index contributed by atoms with van der Waals surface area (Å²) < 4.78 is 5.01. The highest BCUT2D eigenvalue weighted by Gasteiger charge is 2.15. The predicted octanol–water partition coefficient (Wildman–Crippen LogP) is 3.28. The number of carbonyl (C=O) groups is 3. The number of para-hydroxylation sites is 1. The molecular formula is C22H26N2O4. The first-order chi connectivity index (χ1) is 13.5. The van der Waals surface area contributed by atoms with Crippen LogP contribution in [0.25, 0.3) is 0 Å². The molecule has 0 aromatic heterocycles. The van der Waals surface area contributed by atoms with Crippen LogP contribution in [0.1, 0.15) is 36.2 Å². The van der Waals surface area contributed by atoms with Gasteiger partial charge in [0.05, 0.1) is 17.9 Å². The predicted molar refractivity (Wildman–Crippen MR) is 108 cm³/mol. The second kappa shape index (κ2) is 10.9. The molecule has 2 amide bonds. The molecular weight excluding hydrogens is 356 g/mol. The van der Waals surface area contributed by atoms with Gasteiger partial charge < -0.3 is 15.0 Å². The third-order valence-corrected chi connectivity index (χ3v) is 4.26. The van der Waals surface area contributed by atoms with Gasteiger partial charge in [0.1, 0.15) is 0 Å². The van der Waals surface area contributed by atoms with Crippen LogP contribution in [0.15, 0.2) is 54.6 Å². The smallest absolute Gasteiger partial charge is 0.340 e. The number of nitrogens with one attached hydrogen (secondary N) is 1. The van der Waals surface area contributed by atoms with Gasteiger partial charge in [-0.05, 0) is 31.0 Å². The van der Waals surface area contributed by atoms with Crippen LogP contribution in [-0.2, 0) is 20.7 Å². The van der Waals surface area contributed by atoms with Gasteiger partial charge in [-0.25, -0.2) is 4.79 Å². The van der Waals surface area contributed by atoms with Gasteiger partial charge in [-0.2, -0.15) is 0 Å². The molecule has 148 valence electrons. The summed E-state index contributed by atoms with van der Waals surface area (Å²) in [6.07, 6.45) is 0.874. The fraction of sp³-hybridized carbons (Fsp3) is 0.318. The summed E-state index contributed by atoms with van der Waals surface area (Å²) in [5, 5.41) is 2.74. The first kappa shape index (κ1) is 21.2. The molecule has 0 spiro atoms. The zero-order valence-electron chi connectivity index (χ0n) is 16.3. The summed E-state index contributed by atoms with van der Waals surface area (Å²) in [7, 11) is 0. The Labute approximate surface area is 165 Å². The van der Waals surface area contributed by atoms with Crippen molar-refractivity contribution in [2.45, 2.75) is 26.7 Å². The maximum atomic E-state index is 12.3. The van der Waals surface area contributed by atoms with E-state index in [2.05, 4.69) is 5.32 Å². The van der Waals surface area contributed by atoms with E-state index in [9.17, 15) is 14.4 Å². The number of carbonyl (C=O) groups excluding carboxylic acids is 3. The Balaban J connectivity index is 1.91. The fourth-order valence-electron chi connectivity index (χ4n) is 2.76. The van der Waals surface area contributed by atoms with Crippen LogP contribution in [0.4, 0.5) is 5.69 Å². The minimum absolute atomic E-state index is 0.0735. The van der Waals surface area contributed by atoms with Crippen molar-refractivity contribution in [2.75, 3.05) is 25.0 Å². The van der Waals surface area contributed by atoms with E-state index in [-0.39, 0.29) is 24.8 Å². The van der Waals surface area contributed by atoms with Crippen molar-refractivity contribution in [1.82, 2.24) is 4.90 Å². The van der Waals surface area contributed by atoms with Crippen molar-refractivity contribution >= 4 is 23.5 Å². The van der Waals surface area contributed by atoms with Gasteiger partial charge in [-0.3, -0.25) is 9.59 Å². The summed E-state index contributed by atoms with van der Waals surface area (Å²) >= 11 is 0. The van der Waals surface area contributed by atoms with Gasteiger partial charge in [0, 0.05) is 26.4 Å². The summed E-state index contributed by atoms with van der Waals surface area (Å²) in [6, 6.07) is 16.6. The zero-order valence-corrected chi connectivity index (χ0v) is 16.3. The summed E-state index contributed by atoms with van der Waals surface area (Å²) in [6.45, 7) is 4.35. The fourth-order valence-corrected chi connectivity index (χ4v) is 2.76. The lowest BCUT2D eigenvalue weighted by Gasteiger charge is -2.21. The minimum atomic E-state index is -0.480. The van der Waals surface area contributed by atoms with Crippen molar-refractivity contribution in [1.29, 1.82) is 0 Å². The Morgan fingerprint density at radius 2 is 1.64 bits per heavy atom. The number of nitrogens with zero attached hydrogens (tertiary/aromatic N) is 1. The Bertz CT molecular complexity index is 805. The molecule has 0 bridgehead atoms. The number of esters is 1. The summed E-state index contributed by atoms with van der Waals surface area (Å²) in [5.41, 5.74) is 1.86. The molecule has 0 saturated carbocycles. The van der Waals surface area contributed by atoms with Gasteiger partial charge in [0.15, 0.2) is 0 Å². The number of rotatable bonds is 9. The van der Waals surface area contributed by atoms with E-state index in [0.29, 0.717) is 24.3 Å². The highest BCUT2D eigenvalue weighted by Crippen LogP contribution is 2.16. The molecule has 2 aromatic carbocycles. The van der Waals surface area contributed by atoms with Crippen molar-refractivity contribution < 1.29 is 19.1 Å². The molecule has 6 heteroatoms. The quantitative estimate of drug-likeness (QED) is 0.675. The molecule has 6 nitrogen and oxygen atoms in total. The maximum absolute atomic E-state index is 12.3. The molecule has 2 aromatic rings. The number of benzene rings is 2. The highest BCUT2D eigenvalue weighted by atomic mass is 16.5. The molecule has 2 rings (SSSR count). The molecule has 0 heterocycles. The van der Waals surface area contributed by atoms with Crippen molar-refractivity contribution in [3.63, 3.8) is 0 Å². The zero-order chi connectivity index (χ0) is 20.4. The topological polar surface area (TPSA) is 75.7 Å². The average molecular weight is 382 g/mol. The van der Waals surface area contributed by atoms with Gasteiger partial charge in [-0.15, -0.1) is 0 Å². The van der Waals surface area contributed by atoms with E-state index in [1.807, 2.05) is 30.3 Å². The van der Waals surface area contributed by atoms with Gasteiger partial charge in [0.2, 0.25) is 11.8 Å². The van der Waals surface area contributed by atoms with E-state index < -0.39 is 5.97 Å². The highest BCUT2D eigenvalue weighted by molar-refractivity contribution is 6.01. The number of hydrogen-bond donors (Lipinski definition) is 1. The Morgan fingerprint density at radius 3 is 2.32 bits per heavy atom. The Hall–Kier alpha value is -3.15. The van der Waals surface area contributed by atoms with Crippen LogP contribution in [0, 0.1) is 0 Å². The normalized spacial score (nSPS) is 10.2. The van der Waals surface area contributed by atoms with Crippen LogP contribution in [0.2, 0.25) is 0 Å². The summed E-state index contributed by atoms with van der Waals surface area (Å²) in [4.78, 5) is 37.9. The van der Waals surface area contributed by atoms with Gasteiger partial charge >= 0.3 is 5.97 Å². The van der Waals surface area contributed by atoms with Crippen LogP contribution < -0.4 is 5.32 Å². The Kier molecular flexibility index (Phi) is 8.21. The van der Waals surface area contributed by atoms with E-state index in [1.165, 1.54) is 6.92 Å². The monoisotopic (exact) mass is 382 g/mol. The van der Waals surface area contributed by atoms with Crippen LogP contribution >= 0.6 is 0 Å². The van der Waals surface area contributed by atoms with Crippen molar-refractivity contribution in [2.24, 2.45) is 0 Å². The van der Waals surface area contributed by atoms with Crippen LogP contribution in [-0.4, -0.2) is 42.4 Å². The molecule has 0 unspecified atom stereocenters. The van der Waals surface area contributed by atoms with E-state index in [0.717, 1.165) is 12.0 Å². The van der Waals surface area contributed by atoms with Crippen LogP contribution in [0.3, 0.4) is 0 Å². The van der Waals surface area contributed by atoms with Crippen LogP contribution in [0.5, 0.6) is 0 Å². The standard InChI is InChI=1S/C22H26N2O4/c1-3-28-22(27)19-11-7-8-12-20(19)23-21(26)14-16-24(17(2)25)15-13-18-9-5-4-6-10-18/h4-12H,3,13-16H2,1-2H3,(H,23,26). The van der Waals surface area contributed by atoms with Crippen molar-refractivity contribution in [3.05, 3.63) is 65.7 Å². The SMILES string of the molecule is CCOC(=O)c1ccccc1NC(=O)CCN(CCc1ccccc1)C(C)=O. The van der Waals surface area contributed by atoms with E-state index >= 15 is 0 Å². The molecule has 1 N–H and O–H groups in total. The van der Waals surface area contributed by atoms with E-state index in [1.54, 1.807) is 36.1 Å². The Morgan fingerprint density at radius 1 is 0.964 bits per heavy atom. The van der Waals surface area contributed by atoms with Crippen molar-refractivity contribution in [3.8, 4) is 0 Å². The third kappa shape index (κ3) is 6.54. The first-order valence-electron chi connectivity index (χ1n) is 9.36. The average Bonchev–Trinajstić information content (AvgIpc) is 2.69. The lowest BCUT2D eigenvalue weighted by atomic mass is 10.1. The molecule has 28 heavy (non-hydrogen) atoms. The number of amides is 2. The second-order valence-electron chi connectivity index (χ2n) is 6.31. The largest absolute Gasteiger partial charge is 0.462 e. The first-order valence-corrected chi connectivity index (χ1v) is 9.36. The number of hydrogen-bond acceptors (Lipinski definition) is 4. The minimum Gasteiger partial charge on any atom is -0.462 e. The van der Waals surface area contributed by atoms with Gasteiger partial charge in [0.25, 0.3) is 0 Å². The number of ether oxygens (including phenoxy) is 1. The molecule has 0 radical (unpaired) electrons. The molecule has 0 saturated heterocycles. The number of anilines is 1. The lowest BCUT2D eigenvalue weighted by Crippen LogP contribution is -2.33. The molecule has 0 aliphatic carbocycles. The molecule has 0 fully saturated rings. The second-order valence-corrected chi connectivity index (χ2v) is 6.31. The lowest BCUT2D eigenvalue weighted by molar-refractivity contribution is -0.129. The molecule has 0 aliphatic rings. The molecule has 0 atom stereocenters. The maximum Gasteiger partial charge on any atom is 0.340 e. The molecule has 0 aliphatic heterocycles.